The highest BCUT2D eigenvalue weighted by atomic mass is 28.3. The van der Waals surface area contributed by atoms with Crippen LogP contribution < -0.4 is 20.7 Å². The number of rotatable bonds is 6. The minimum Gasteiger partial charge on any atom is -0.0623 e. The number of benzene rings is 7. The third kappa shape index (κ3) is 4.89. The molecule has 1 heteroatoms. The van der Waals surface area contributed by atoms with Gasteiger partial charge >= 0.3 is 0 Å². The molecule has 0 N–H and O–H groups in total. The van der Waals surface area contributed by atoms with Gasteiger partial charge in [0.1, 0.15) is 0 Å². The lowest BCUT2D eigenvalue weighted by molar-refractivity contribution is 0.660. The zero-order valence-corrected chi connectivity index (χ0v) is 29.2. The predicted octanol–water partition coefficient (Wildman–Crippen LogP) is 9.32. The van der Waals surface area contributed by atoms with Crippen molar-refractivity contribution in [2.75, 3.05) is 0 Å². The molecule has 0 nitrogen and oxygen atoms in total. The fourth-order valence-electron chi connectivity index (χ4n) is 7.98. The SMILES string of the molecule is Cc1ccc([Si](c2ccccc2)(c2ccccc2)c2ccc(-c3ccc(-c4ccc5c(c4)C(C)(C)c4cc(C)ccc4-5)cc3)cc2)cc1. The van der Waals surface area contributed by atoms with Crippen molar-refractivity contribution in [3.8, 4) is 33.4 Å². The molecule has 0 aromatic heterocycles. The van der Waals surface area contributed by atoms with Crippen LogP contribution in [0.5, 0.6) is 0 Å². The second kappa shape index (κ2) is 11.8. The molecular formula is C47H40Si. The summed E-state index contributed by atoms with van der Waals surface area (Å²) in [5.74, 6) is 0. The van der Waals surface area contributed by atoms with Crippen LogP contribution in [-0.4, -0.2) is 8.07 Å². The van der Waals surface area contributed by atoms with Gasteiger partial charge in [0.2, 0.25) is 0 Å². The molecule has 0 saturated carbocycles. The lowest BCUT2D eigenvalue weighted by Crippen LogP contribution is -2.74. The van der Waals surface area contributed by atoms with Crippen LogP contribution >= 0.6 is 0 Å². The standard InChI is InChI=1S/C47H40Si/c1-33-15-25-41(26-16-33)48(39-11-7-5-8-12-39,40-13-9-6-10-14-40)42-27-22-36(23-28-42)35-18-20-37(21-19-35)38-24-30-44-43-29-17-34(2)31-45(43)47(3,4)46(44)32-38/h5-32H,1-4H3. The van der Waals surface area contributed by atoms with Gasteiger partial charge < -0.3 is 0 Å². The van der Waals surface area contributed by atoms with Gasteiger partial charge in [0.05, 0.1) is 0 Å². The first kappa shape index (κ1) is 30.1. The van der Waals surface area contributed by atoms with Crippen molar-refractivity contribution in [1.29, 1.82) is 0 Å². The molecule has 0 heterocycles. The summed E-state index contributed by atoms with van der Waals surface area (Å²) >= 11 is 0. The molecule has 7 aromatic carbocycles. The number of hydrogen-bond acceptors (Lipinski definition) is 0. The number of hydrogen-bond donors (Lipinski definition) is 0. The second-order valence-corrected chi connectivity index (χ2v) is 17.7. The first-order valence-electron chi connectivity index (χ1n) is 17.0. The van der Waals surface area contributed by atoms with Crippen molar-refractivity contribution in [1.82, 2.24) is 0 Å². The molecule has 0 aliphatic heterocycles. The Morgan fingerprint density at radius 1 is 0.354 bits per heavy atom. The Kier molecular flexibility index (Phi) is 7.39. The summed E-state index contributed by atoms with van der Waals surface area (Å²) < 4.78 is 0. The maximum absolute atomic E-state index is 2.55. The highest BCUT2D eigenvalue weighted by Gasteiger charge is 2.41. The average molecular weight is 633 g/mol. The van der Waals surface area contributed by atoms with E-state index in [0.717, 1.165) is 0 Å². The summed E-state index contributed by atoms with van der Waals surface area (Å²) in [6, 6.07) is 64.0. The third-order valence-electron chi connectivity index (χ3n) is 10.6. The van der Waals surface area contributed by atoms with E-state index in [4.69, 9.17) is 0 Å². The fourth-order valence-corrected chi connectivity index (χ4v) is 12.7. The third-order valence-corrected chi connectivity index (χ3v) is 15.4. The van der Waals surface area contributed by atoms with Gasteiger partial charge in [-0.05, 0) is 85.2 Å². The van der Waals surface area contributed by atoms with Gasteiger partial charge in [-0.25, -0.2) is 0 Å². The van der Waals surface area contributed by atoms with Gasteiger partial charge in [0.15, 0.2) is 8.07 Å². The van der Waals surface area contributed by atoms with E-state index in [1.54, 1.807) is 0 Å². The average Bonchev–Trinajstić information content (AvgIpc) is 3.35. The van der Waals surface area contributed by atoms with Crippen molar-refractivity contribution in [3.05, 3.63) is 192 Å². The summed E-state index contributed by atoms with van der Waals surface area (Å²) in [6.07, 6.45) is 0. The lowest BCUT2D eigenvalue weighted by Gasteiger charge is -2.34. The van der Waals surface area contributed by atoms with Crippen LogP contribution in [0.4, 0.5) is 0 Å². The molecule has 0 radical (unpaired) electrons. The summed E-state index contributed by atoms with van der Waals surface area (Å²) in [5.41, 5.74) is 13.2. The first-order chi connectivity index (χ1) is 23.4. The van der Waals surface area contributed by atoms with Crippen molar-refractivity contribution in [3.63, 3.8) is 0 Å². The van der Waals surface area contributed by atoms with E-state index >= 15 is 0 Å². The van der Waals surface area contributed by atoms with Gasteiger partial charge in [0, 0.05) is 5.41 Å². The zero-order chi connectivity index (χ0) is 32.9. The van der Waals surface area contributed by atoms with E-state index in [1.165, 1.54) is 76.4 Å². The van der Waals surface area contributed by atoms with Gasteiger partial charge in [-0.3, -0.25) is 0 Å². The van der Waals surface area contributed by atoms with Gasteiger partial charge in [-0.1, -0.05) is 189 Å². The van der Waals surface area contributed by atoms with Gasteiger partial charge in [-0.15, -0.1) is 0 Å². The minimum atomic E-state index is -2.55. The summed E-state index contributed by atoms with van der Waals surface area (Å²) in [7, 11) is -2.55. The highest BCUT2D eigenvalue weighted by Crippen LogP contribution is 2.49. The zero-order valence-electron chi connectivity index (χ0n) is 28.2. The van der Waals surface area contributed by atoms with Gasteiger partial charge in [-0.2, -0.15) is 0 Å². The topological polar surface area (TPSA) is 0 Å². The molecule has 0 saturated heterocycles. The van der Waals surface area contributed by atoms with Crippen molar-refractivity contribution in [2.45, 2.75) is 33.1 Å². The lowest BCUT2D eigenvalue weighted by atomic mass is 9.81. The summed E-state index contributed by atoms with van der Waals surface area (Å²) in [6.45, 7) is 9.08. The van der Waals surface area contributed by atoms with Crippen LogP contribution in [0.25, 0.3) is 33.4 Å². The number of aryl methyl sites for hydroxylation is 2. The smallest absolute Gasteiger partial charge is 0.0623 e. The first-order valence-corrected chi connectivity index (χ1v) is 19.0. The van der Waals surface area contributed by atoms with Crippen molar-refractivity contribution >= 4 is 28.8 Å². The van der Waals surface area contributed by atoms with Crippen molar-refractivity contribution < 1.29 is 0 Å². The largest absolute Gasteiger partial charge is 0.179 e. The molecule has 8 rings (SSSR count). The Labute approximate surface area is 286 Å². The summed E-state index contributed by atoms with van der Waals surface area (Å²) in [5, 5.41) is 5.58. The Bertz CT molecular complexity index is 2190. The van der Waals surface area contributed by atoms with E-state index in [-0.39, 0.29) is 5.41 Å². The molecule has 232 valence electrons. The van der Waals surface area contributed by atoms with E-state index in [2.05, 4.69) is 198 Å². The minimum absolute atomic E-state index is 0.00893. The molecular weight excluding hydrogens is 593 g/mol. The molecule has 0 fully saturated rings. The maximum atomic E-state index is 2.41. The Morgan fingerprint density at radius 2 is 0.729 bits per heavy atom. The molecule has 1 aliphatic carbocycles. The maximum Gasteiger partial charge on any atom is 0.179 e. The second-order valence-electron chi connectivity index (χ2n) is 13.9. The van der Waals surface area contributed by atoms with Crippen LogP contribution in [0.1, 0.15) is 36.1 Å². The van der Waals surface area contributed by atoms with Crippen molar-refractivity contribution in [2.24, 2.45) is 0 Å². The van der Waals surface area contributed by atoms with E-state index in [1.807, 2.05) is 0 Å². The number of fused-ring (bicyclic) bond motifs is 3. The highest BCUT2D eigenvalue weighted by molar-refractivity contribution is 7.19. The molecule has 0 atom stereocenters. The fraction of sp³-hybridized carbons (Fsp3) is 0.106. The molecule has 0 amide bonds. The Balaban J connectivity index is 1.16. The van der Waals surface area contributed by atoms with Crippen LogP contribution in [0.2, 0.25) is 0 Å². The predicted molar refractivity (Wildman–Crippen MR) is 208 cm³/mol. The van der Waals surface area contributed by atoms with Crippen LogP contribution in [0.15, 0.2) is 170 Å². The van der Waals surface area contributed by atoms with E-state index in [9.17, 15) is 0 Å². The molecule has 0 unspecified atom stereocenters. The molecule has 7 aromatic rings. The molecule has 48 heavy (non-hydrogen) atoms. The summed E-state index contributed by atoms with van der Waals surface area (Å²) in [4.78, 5) is 0. The molecule has 0 spiro atoms. The monoisotopic (exact) mass is 632 g/mol. The molecule has 0 bridgehead atoms. The van der Waals surface area contributed by atoms with E-state index in [0.29, 0.717) is 0 Å². The Hall–Kier alpha value is -5.24. The van der Waals surface area contributed by atoms with Crippen LogP contribution in [-0.2, 0) is 5.41 Å². The Morgan fingerprint density at radius 3 is 1.27 bits per heavy atom. The normalized spacial score (nSPS) is 13.2. The van der Waals surface area contributed by atoms with Crippen LogP contribution in [0, 0.1) is 13.8 Å². The quantitative estimate of drug-likeness (QED) is 0.127. The van der Waals surface area contributed by atoms with E-state index < -0.39 is 8.07 Å². The molecule has 1 aliphatic rings. The van der Waals surface area contributed by atoms with Gasteiger partial charge in [0.25, 0.3) is 0 Å². The van der Waals surface area contributed by atoms with Crippen LogP contribution in [0.3, 0.4) is 0 Å².